The van der Waals surface area contributed by atoms with Gasteiger partial charge in [0, 0.05) is 55.4 Å². The highest BCUT2D eigenvalue weighted by molar-refractivity contribution is 6.02. The summed E-state index contributed by atoms with van der Waals surface area (Å²) in [6.45, 7) is 1.56. The molecule has 4 aromatic rings. The lowest BCUT2D eigenvalue weighted by Crippen LogP contribution is -2.24. The van der Waals surface area contributed by atoms with E-state index in [4.69, 9.17) is 9.15 Å². The average molecular weight is 425 g/mol. The summed E-state index contributed by atoms with van der Waals surface area (Å²) in [5.41, 5.74) is 4.18. The van der Waals surface area contributed by atoms with E-state index < -0.39 is 0 Å². The molecule has 6 nitrogen and oxygen atoms in total. The Morgan fingerprint density at radius 2 is 1.53 bits per heavy atom. The Morgan fingerprint density at radius 1 is 0.781 bits per heavy atom. The number of fused-ring (bicyclic) bond motifs is 3. The van der Waals surface area contributed by atoms with Crippen LogP contribution < -0.4 is 19.4 Å². The second-order valence-electron chi connectivity index (χ2n) is 8.28. The van der Waals surface area contributed by atoms with E-state index in [1.165, 1.54) is 0 Å². The summed E-state index contributed by atoms with van der Waals surface area (Å²) >= 11 is 0. The summed E-state index contributed by atoms with van der Waals surface area (Å²) in [7, 11) is 4.12. The fraction of sp³-hybridized carbons (Fsp3) is 0.154. The van der Waals surface area contributed by atoms with E-state index in [-0.39, 0.29) is 0 Å². The van der Waals surface area contributed by atoms with E-state index in [2.05, 4.69) is 82.5 Å². The molecule has 0 spiro atoms. The van der Waals surface area contributed by atoms with Crippen LogP contribution in [0.15, 0.2) is 89.6 Å². The number of rotatable bonds is 4. The molecule has 3 heterocycles. The van der Waals surface area contributed by atoms with Gasteiger partial charge in [0.05, 0.1) is 13.3 Å². The van der Waals surface area contributed by atoms with Crippen LogP contribution in [0.25, 0.3) is 11.0 Å². The van der Waals surface area contributed by atoms with Crippen LogP contribution in [0.4, 0.5) is 22.9 Å². The Balaban J connectivity index is 1.30. The molecule has 0 unspecified atom stereocenters. The van der Waals surface area contributed by atoms with Gasteiger partial charge in [0.15, 0.2) is 0 Å². The lowest BCUT2D eigenvalue weighted by atomic mass is 10.2. The highest BCUT2D eigenvalue weighted by Gasteiger charge is 2.31. The number of benzene rings is 3. The number of hydrogen-bond acceptors (Lipinski definition) is 6. The van der Waals surface area contributed by atoms with Gasteiger partial charge < -0.3 is 28.8 Å². The van der Waals surface area contributed by atoms with Crippen LogP contribution in [-0.4, -0.2) is 32.3 Å². The molecule has 0 aliphatic carbocycles. The maximum atomic E-state index is 6.26. The summed E-state index contributed by atoms with van der Waals surface area (Å²) in [6, 6.07) is 24.6. The molecule has 160 valence electrons. The van der Waals surface area contributed by atoms with Crippen molar-refractivity contribution in [2.24, 2.45) is 0 Å². The summed E-state index contributed by atoms with van der Waals surface area (Å²) < 4.78 is 12.4. The molecule has 2 aliphatic rings. The second kappa shape index (κ2) is 7.27. The van der Waals surface area contributed by atoms with Gasteiger partial charge in [-0.1, -0.05) is 24.3 Å². The molecule has 0 N–H and O–H groups in total. The van der Waals surface area contributed by atoms with Gasteiger partial charge in [0.2, 0.25) is 5.88 Å². The summed E-state index contributed by atoms with van der Waals surface area (Å²) in [5, 5.41) is 1.12. The normalized spacial score (nSPS) is 15.2. The second-order valence-corrected chi connectivity index (χ2v) is 8.28. The molecule has 0 saturated heterocycles. The maximum absolute atomic E-state index is 6.26. The van der Waals surface area contributed by atoms with E-state index in [1.54, 1.807) is 0 Å². The molecule has 6 heteroatoms. The number of anilines is 4. The third-order valence-corrected chi connectivity index (χ3v) is 5.91. The van der Waals surface area contributed by atoms with Crippen LogP contribution in [0, 0.1) is 0 Å². The summed E-state index contributed by atoms with van der Waals surface area (Å²) in [5.74, 6) is 2.52. The third kappa shape index (κ3) is 3.12. The van der Waals surface area contributed by atoms with Gasteiger partial charge in [-0.3, -0.25) is 0 Å². The largest absolute Gasteiger partial charge is 0.457 e. The first-order chi connectivity index (χ1) is 15.7. The molecule has 6 rings (SSSR count). The van der Waals surface area contributed by atoms with Crippen LogP contribution in [0.1, 0.15) is 0 Å². The highest BCUT2D eigenvalue weighted by Crippen LogP contribution is 2.47. The zero-order valence-electron chi connectivity index (χ0n) is 18.1. The van der Waals surface area contributed by atoms with Gasteiger partial charge in [-0.15, -0.1) is 0 Å². The summed E-state index contributed by atoms with van der Waals surface area (Å²) in [4.78, 5) is 8.73. The van der Waals surface area contributed by atoms with Crippen molar-refractivity contribution in [3.8, 4) is 11.5 Å². The van der Waals surface area contributed by atoms with Gasteiger partial charge in [-0.05, 0) is 36.4 Å². The van der Waals surface area contributed by atoms with Crippen LogP contribution in [0.2, 0.25) is 0 Å². The van der Waals surface area contributed by atoms with Crippen molar-refractivity contribution < 1.29 is 9.15 Å². The Hall–Kier alpha value is -4.06. The van der Waals surface area contributed by atoms with Crippen LogP contribution in [0.3, 0.4) is 0 Å². The molecule has 0 atom stereocenters. The molecule has 3 aromatic carbocycles. The fourth-order valence-electron chi connectivity index (χ4n) is 4.37. The molecule has 0 bridgehead atoms. The van der Waals surface area contributed by atoms with Gasteiger partial charge in [0.1, 0.15) is 22.8 Å². The van der Waals surface area contributed by atoms with E-state index in [1.807, 2.05) is 36.4 Å². The van der Waals surface area contributed by atoms with E-state index >= 15 is 0 Å². The minimum absolute atomic E-state index is 0.729. The Labute approximate surface area is 187 Å². The highest BCUT2D eigenvalue weighted by atomic mass is 16.5. The number of para-hydroxylation sites is 1. The van der Waals surface area contributed by atoms with Gasteiger partial charge >= 0.3 is 0 Å². The number of ether oxygens (including phenoxy) is 1. The predicted molar refractivity (Wildman–Crippen MR) is 129 cm³/mol. The minimum Gasteiger partial charge on any atom is -0.457 e. The lowest BCUT2D eigenvalue weighted by molar-refractivity contribution is 0.481. The van der Waals surface area contributed by atoms with Crippen LogP contribution >= 0.6 is 0 Å². The molecular weight excluding hydrogens is 400 g/mol. The molecule has 0 saturated carbocycles. The number of nitrogens with zero attached hydrogens (tertiary/aromatic N) is 4. The molecule has 0 fully saturated rings. The van der Waals surface area contributed by atoms with Crippen molar-refractivity contribution in [3.05, 3.63) is 85.2 Å². The van der Waals surface area contributed by atoms with Crippen molar-refractivity contribution >= 4 is 33.9 Å². The number of hydrogen-bond donors (Lipinski definition) is 0. The zero-order valence-corrected chi connectivity index (χ0v) is 18.1. The van der Waals surface area contributed by atoms with Crippen molar-refractivity contribution in [1.82, 2.24) is 4.90 Å². The van der Waals surface area contributed by atoms with Crippen molar-refractivity contribution in [3.63, 3.8) is 0 Å². The monoisotopic (exact) mass is 424 g/mol. The minimum atomic E-state index is 0.729. The van der Waals surface area contributed by atoms with E-state index in [0.29, 0.717) is 0 Å². The molecule has 32 heavy (non-hydrogen) atoms. The quantitative estimate of drug-likeness (QED) is 0.403. The van der Waals surface area contributed by atoms with Crippen LogP contribution in [0.5, 0.6) is 11.5 Å². The topological polar surface area (TPSA) is 35.3 Å². The molecule has 0 amide bonds. The van der Waals surface area contributed by atoms with Gasteiger partial charge in [-0.2, -0.15) is 0 Å². The predicted octanol–water partition coefficient (Wildman–Crippen LogP) is 5.95. The van der Waals surface area contributed by atoms with Crippen molar-refractivity contribution in [1.29, 1.82) is 0 Å². The lowest BCUT2D eigenvalue weighted by Gasteiger charge is -2.21. The Kier molecular flexibility index (Phi) is 4.24. The maximum Gasteiger partial charge on any atom is 0.222 e. The Bertz CT molecular complexity index is 1330. The molecule has 2 aliphatic heterocycles. The van der Waals surface area contributed by atoms with Crippen LogP contribution in [-0.2, 0) is 0 Å². The third-order valence-electron chi connectivity index (χ3n) is 5.91. The van der Waals surface area contributed by atoms with Gasteiger partial charge in [0.25, 0.3) is 0 Å². The van der Waals surface area contributed by atoms with E-state index in [0.717, 1.165) is 58.8 Å². The van der Waals surface area contributed by atoms with Crippen molar-refractivity contribution in [2.45, 2.75) is 0 Å². The molecule has 1 aromatic heterocycles. The smallest absolute Gasteiger partial charge is 0.222 e. The number of furan rings is 1. The Morgan fingerprint density at radius 3 is 2.31 bits per heavy atom. The zero-order chi connectivity index (χ0) is 21.7. The van der Waals surface area contributed by atoms with Crippen molar-refractivity contribution in [2.75, 3.05) is 42.1 Å². The SMILES string of the molecule is CN1C=CN(c2cccc(Oc3cccc(N4CN(C)c5oc6ccccc6c54)c3)c2)C1. The first-order valence-corrected chi connectivity index (χ1v) is 10.7. The first-order valence-electron chi connectivity index (χ1n) is 10.7. The summed E-state index contributed by atoms with van der Waals surface area (Å²) in [6.07, 6.45) is 4.15. The van der Waals surface area contributed by atoms with Gasteiger partial charge in [-0.25, -0.2) is 0 Å². The molecular formula is C26H24N4O2. The van der Waals surface area contributed by atoms with E-state index in [9.17, 15) is 0 Å². The molecule has 0 radical (unpaired) electrons. The average Bonchev–Trinajstić information content (AvgIpc) is 3.49. The standard InChI is InChI=1S/C26H24N4O2/c1-27-13-14-29(17-27)19-7-5-9-21(15-19)31-22-10-6-8-20(16-22)30-18-28(2)26-25(30)23-11-3-4-12-24(23)32-26/h3-16H,17-18H2,1-2H3. The fourth-order valence-corrected chi connectivity index (χ4v) is 4.37. The first kappa shape index (κ1) is 18.7.